The molecule has 1 atom stereocenters. The van der Waals surface area contributed by atoms with E-state index >= 15 is 0 Å². The van der Waals surface area contributed by atoms with Crippen LogP contribution in [0, 0.1) is 11.3 Å². The molecule has 1 saturated carbocycles. The molecule has 1 aliphatic rings. The van der Waals surface area contributed by atoms with E-state index in [0.717, 1.165) is 25.5 Å². The predicted octanol–water partition coefficient (Wildman–Crippen LogP) is 1.41. The van der Waals surface area contributed by atoms with E-state index in [-0.39, 0.29) is 0 Å². The maximum absolute atomic E-state index is 5.81. The Hall–Kier alpha value is -0.120. The number of nitrogens with two attached hydrogens (primary N) is 1. The normalized spacial score (nSPS) is 20.8. The molecule has 0 radical (unpaired) electrons. The van der Waals surface area contributed by atoms with Gasteiger partial charge in [-0.15, -0.1) is 0 Å². The summed E-state index contributed by atoms with van der Waals surface area (Å²) in [4.78, 5) is 0. The quantitative estimate of drug-likeness (QED) is 0.604. The highest BCUT2D eigenvalue weighted by Crippen LogP contribution is 2.46. The summed E-state index contributed by atoms with van der Waals surface area (Å²) in [5.41, 5.74) is 6.12. The first-order valence-corrected chi connectivity index (χ1v) is 5.49. The summed E-state index contributed by atoms with van der Waals surface area (Å²) < 4.78 is 10.4. The van der Waals surface area contributed by atoms with Crippen molar-refractivity contribution in [2.75, 3.05) is 33.5 Å². The highest BCUT2D eigenvalue weighted by Gasteiger charge is 2.39. The lowest BCUT2D eigenvalue weighted by molar-refractivity contribution is 0.0511. The van der Waals surface area contributed by atoms with Gasteiger partial charge in [-0.25, -0.2) is 0 Å². The molecule has 0 aromatic heterocycles. The van der Waals surface area contributed by atoms with Gasteiger partial charge in [-0.3, -0.25) is 0 Å². The standard InChI is InChI=1S/C11H23NO2/c1-11(9-12,10-3-4-10)5-6-14-8-7-13-2/h10H,3-9,12H2,1-2H3. The minimum absolute atomic E-state index is 0.313. The van der Waals surface area contributed by atoms with Crippen LogP contribution in [0.5, 0.6) is 0 Å². The molecule has 1 fully saturated rings. The SMILES string of the molecule is COCCOCCC(C)(CN)C1CC1. The first-order chi connectivity index (χ1) is 6.73. The Labute approximate surface area is 86.9 Å². The van der Waals surface area contributed by atoms with E-state index in [0.29, 0.717) is 18.6 Å². The summed E-state index contributed by atoms with van der Waals surface area (Å²) >= 11 is 0. The topological polar surface area (TPSA) is 44.5 Å². The fraction of sp³-hybridized carbons (Fsp3) is 1.00. The molecular weight excluding hydrogens is 178 g/mol. The van der Waals surface area contributed by atoms with Crippen LogP contribution in [0.25, 0.3) is 0 Å². The van der Waals surface area contributed by atoms with Crippen LogP contribution < -0.4 is 5.73 Å². The number of ether oxygens (including phenoxy) is 2. The zero-order chi connectivity index (χ0) is 10.4. The van der Waals surface area contributed by atoms with Crippen molar-refractivity contribution in [1.82, 2.24) is 0 Å². The Kier molecular flexibility index (Phi) is 4.85. The van der Waals surface area contributed by atoms with E-state index in [1.807, 2.05) is 0 Å². The Morgan fingerprint density at radius 1 is 1.29 bits per heavy atom. The van der Waals surface area contributed by atoms with Crippen molar-refractivity contribution in [1.29, 1.82) is 0 Å². The Balaban J connectivity index is 2.08. The third-order valence-corrected chi connectivity index (χ3v) is 3.28. The highest BCUT2D eigenvalue weighted by molar-refractivity contribution is 4.91. The van der Waals surface area contributed by atoms with Crippen molar-refractivity contribution in [3.8, 4) is 0 Å². The largest absolute Gasteiger partial charge is 0.382 e. The van der Waals surface area contributed by atoms with Crippen molar-refractivity contribution in [2.45, 2.75) is 26.2 Å². The van der Waals surface area contributed by atoms with Gasteiger partial charge in [0.2, 0.25) is 0 Å². The first kappa shape index (κ1) is 12.0. The number of hydrogen-bond donors (Lipinski definition) is 1. The zero-order valence-corrected chi connectivity index (χ0v) is 9.42. The van der Waals surface area contributed by atoms with Gasteiger partial charge < -0.3 is 15.2 Å². The third kappa shape index (κ3) is 3.56. The van der Waals surface area contributed by atoms with Crippen LogP contribution in [0.15, 0.2) is 0 Å². The van der Waals surface area contributed by atoms with Crippen LogP contribution in [0.1, 0.15) is 26.2 Å². The Morgan fingerprint density at radius 2 is 2.00 bits per heavy atom. The van der Waals surface area contributed by atoms with Crippen LogP contribution in [0.3, 0.4) is 0 Å². The zero-order valence-electron chi connectivity index (χ0n) is 9.42. The highest BCUT2D eigenvalue weighted by atomic mass is 16.5. The molecule has 0 amide bonds. The molecule has 0 heterocycles. The average Bonchev–Trinajstić information content (AvgIpc) is 3.01. The molecule has 0 aromatic rings. The molecule has 1 rings (SSSR count). The number of hydrogen-bond acceptors (Lipinski definition) is 3. The van der Waals surface area contributed by atoms with Gasteiger partial charge in [0.15, 0.2) is 0 Å². The molecule has 1 aliphatic carbocycles. The lowest BCUT2D eigenvalue weighted by Gasteiger charge is -2.27. The Morgan fingerprint density at radius 3 is 2.50 bits per heavy atom. The monoisotopic (exact) mass is 201 g/mol. The number of methoxy groups -OCH3 is 1. The summed E-state index contributed by atoms with van der Waals surface area (Å²) in [5, 5.41) is 0. The van der Waals surface area contributed by atoms with Crippen molar-refractivity contribution in [2.24, 2.45) is 17.1 Å². The van der Waals surface area contributed by atoms with Gasteiger partial charge in [-0.2, -0.15) is 0 Å². The van der Waals surface area contributed by atoms with Crippen molar-refractivity contribution >= 4 is 0 Å². The van der Waals surface area contributed by atoms with E-state index in [4.69, 9.17) is 15.2 Å². The van der Waals surface area contributed by atoms with Gasteiger partial charge in [0.1, 0.15) is 0 Å². The van der Waals surface area contributed by atoms with Gasteiger partial charge in [-0.1, -0.05) is 6.92 Å². The van der Waals surface area contributed by atoms with Crippen LogP contribution in [-0.4, -0.2) is 33.5 Å². The van der Waals surface area contributed by atoms with Crippen LogP contribution >= 0.6 is 0 Å². The summed E-state index contributed by atoms with van der Waals surface area (Å²) in [6, 6.07) is 0. The molecule has 3 heteroatoms. The average molecular weight is 201 g/mol. The van der Waals surface area contributed by atoms with Crippen molar-refractivity contribution < 1.29 is 9.47 Å². The van der Waals surface area contributed by atoms with Gasteiger partial charge in [0.25, 0.3) is 0 Å². The second kappa shape index (κ2) is 5.69. The van der Waals surface area contributed by atoms with E-state index in [2.05, 4.69) is 6.92 Å². The fourth-order valence-corrected chi connectivity index (χ4v) is 1.80. The van der Waals surface area contributed by atoms with Gasteiger partial charge in [-0.05, 0) is 37.1 Å². The van der Waals surface area contributed by atoms with Crippen LogP contribution in [0.2, 0.25) is 0 Å². The molecule has 0 saturated heterocycles. The second-order valence-corrected chi connectivity index (χ2v) is 4.49. The molecule has 0 spiro atoms. The maximum atomic E-state index is 5.81. The lowest BCUT2D eigenvalue weighted by atomic mass is 9.82. The minimum atomic E-state index is 0.313. The summed E-state index contributed by atoms with van der Waals surface area (Å²) in [7, 11) is 1.69. The molecule has 2 N–H and O–H groups in total. The molecule has 3 nitrogen and oxygen atoms in total. The molecule has 0 aliphatic heterocycles. The molecule has 0 bridgehead atoms. The van der Waals surface area contributed by atoms with E-state index in [9.17, 15) is 0 Å². The van der Waals surface area contributed by atoms with Gasteiger partial charge in [0, 0.05) is 13.7 Å². The van der Waals surface area contributed by atoms with Gasteiger partial charge in [0.05, 0.1) is 13.2 Å². The van der Waals surface area contributed by atoms with Crippen LogP contribution in [0.4, 0.5) is 0 Å². The predicted molar refractivity (Wildman–Crippen MR) is 57.2 cm³/mol. The smallest absolute Gasteiger partial charge is 0.0700 e. The fourth-order valence-electron chi connectivity index (χ4n) is 1.80. The van der Waals surface area contributed by atoms with Crippen molar-refractivity contribution in [3.63, 3.8) is 0 Å². The van der Waals surface area contributed by atoms with E-state index < -0.39 is 0 Å². The lowest BCUT2D eigenvalue weighted by Crippen LogP contribution is -2.31. The summed E-state index contributed by atoms with van der Waals surface area (Å²) in [6.45, 7) is 5.26. The maximum Gasteiger partial charge on any atom is 0.0700 e. The van der Waals surface area contributed by atoms with E-state index in [1.165, 1.54) is 12.8 Å². The molecule has 1 unspecified atom stereocenters. The molecular formula is C11H23NO2. The van der Waals surface area contributed by atoms with E-state index in [1.54, 1.807) is 7.11 Å². The Bertz CT molecular complexity index is 159. The minimum Gasteiger partial charge on any atom is -0.382 e. The second-order valence-electron chi connectivity index (χ2n) is 4.49. The summed E-state index contributed by atoms with van der Waals surface area (Å²) in [6.07, 6.45) is 3.79. The van der Waals surface area contributed by atoms with Crippen LogP contribution in [-0.2, 0) is 9.47 Å². The number of rotatable bonds is 8. The molecule has 0 aromatic carbocycles. The third-order valence-electron chi connectivity index (χ3n) is 3.28. The summed E-state index contributed by atoms with van der Waals surface area (Å²) in [5.74, 6) is 0.846. The van der Waals surface area contributed by atoms with Crippen molar-refractivity contribution in [3.05, 3.63) is 0 Å². The molecule has 14 heavy (non-hydrogen) atoms. The van der Waals surface area contributed by atoms with Gasteiger partial charge >= 0.3 is 0 Å². The first-order valence-electron chi connectivity index (χ1n) is 5.49. The molecule has 84 valence electrons.